The van der Waals surface area contributed by atoms with Gasteiger partial charge in [0, 0.05) is 45.9 Å². The van der Waals surface area contributed by atoms with Crippen LogP contribution in [0.4, 0.5) is 4.79 Å². The fourth-order valence-electron chi connectivity index (χ4n) is 2.92. The van der Waals surface area contributed by atoms with Crippen molar-refractivity contribution >= 4 is 23.6 Å². The van der Waals surface area contributed by atoms with Crippen LogP contribution in [0, 0.1) is 11.8 Å². The molecular weight excluding hydrogens is 298 g/mol. The van der Waals surface area contributed by atoms with Crippen molar-refractivity contribution < 1.29 is 14.4 Å². The molecule has 0 bridgehead atoms. The van der Waals surface area contributed by atoms with Gasteiger partial charge in [-0.25, -0.2) is 10.2 Å². The first-order chi connectivity index (χ1) is 10.8. The molecule has 0 aromatic carbocycles. The van der Waals surface area contributed by atoms with Crippen LogP contribution >= 0.6 is 0 Å². The van der Waals surface area contributed by atoms with E-state index in [4.69, 9.17) is 0 Å². The van der Waals surface area contributed by atoms with E-state index >= 15 is 0 Å². The van der Waals surface area contributed by atoms with Crippen molar-refractivity contribution in [1.29, 1.82) is 0 Å². The molecule has 0 aromatic rings. The molecule has 1 saturated heterocycles. The molecule has 2 N–H and O–H groups in total. The van der Waals surface area contributed by atoms with Crippen molar-refractivity contribution in [3.63, 3.8) is 0 Å². The second-order valence-electron chi connectivity index (χ2n) is 6.66. The van der Waals surface area contributed by atoms with Gasteiger partial charge in [-0.15, -0.1) is 0 Å². The third-order valence-electron chi connectivity index (χ3n) is 4.37. The standard InChI is InChI=1S/C15H25N5O3/c1-9(2)10-7-20(8-12(10)16-15(23)19(3)4)14(22)11-5-6-13(21)18-17-11/h9-10,12H,5-8H2,1-4H3,(H,16,23)(H,18,21)/t10-,12+/m0/s1. The van der Waals surface area contributed by atoms with Gasteiger partial charge in [0.1, 0.15) is 5.71 Å². The molecule has 2 rings (SSSR count). The van der Waals surface area contributed by atoms with Crippen LogP contribution in [0.5, 0.6) is 0 Å². The van der Waals surface area contributed by atoms with Gasteiger partial charge in [-0.3, -0.25) is 9.59 Å². The molecule has 4 amide bonds. The lowest BCUT2D eigenvalue weighted by Crippen LogP contribution is -2.46. The minimum Gasteiger partial charge on any atom is -0.335 e. The van der Waals surface area contributed by atoms with Gasteiger partial charge in [0.05, 0.1) is 6.04 Å². The Kier molecular flexibility index (Phi) is 5.23. The SMILES string of the molecule is CC(C)[C@@H]1CN(C(=O)C2=NNC(=O)CC2)C[C@H]1NC(=O)N(C)C. The van der Waals surface area contributed by atoms with Gasteiger partial charge in [0.15, 0.2) is 0 Å². The number of carbonyl (C=O) groups is 3. The number of rotatable bonds is 3. The Bertz CT molecular complexity index is 529. The normalized spacial score (nSPS) is 24.3. The molecule has 2 aliphatic rings. The topological polar surface area (TPSA) is 94.1 Å². The zero-order chi connectivity index (χ0) is 17.1. The molecule has 0 radical (unpaired) electrons. The number of hydrogen-bond acceptors (Lipinski definition) is 4. The molecule has 128 valence electrons. The largest absolute Gasteiger partial charge is 0.335 e. The third kappa shape index (κ3) is 4.00. The third-order valence-corrected chi connectivity index (χ3v) is 4.37. The predicted octanol–water partition coefficient (Wildman–Crippen LogP) is 0.00660. The lowest BCUT2D eigenvalue weighted by Gasteiger charge is -2.24. The van der Waals surface area contributed by atoms with Crippen molar-refractivity contribution in [2.75, 3.05) is 27.2 Å². The first kappa shape index (κ1) is 17.2. The monoisotopic (exact) mass is 323 g/mol. The molecule has 8 nitrogen and oxygen atoms in total. The van der Waals surface area contributed by atoms with E-state index in [1.807, 2.05) is 0 Å². The van der Waals surface area contributed by atoms with Gasteiger partial charge in [-0.05, 0) is 5.92 Å². The van der Waals surface area contributed by atoms with Crippen LogP contribution < -0.4 is 10.7 Å². The maximum atomic E-state index is 12.6. The number of urea groups is 1. The second kappa shape index (κ2) is 6.97. The fourth-order valence-corrected chi connectivity index (χ4v) is 2.92. The summed E-state index contributed by atoms with van der Waals surface area (Å²) in [7, 11) is 3.38. The Morgan fingerprint density at radius 1 is 1.30 bits per heavy atom. The highest BCUT2D eigenvalue weighted by Crippen LogP contribution is 2.25. The lowest BCUT2D eigenvalue weighted by molar-refractivity contribution is -0.124. The van der Waals surface area contributed by atoms with Gasteiger partial charge in [0.25, 0.3) is 5.91 Å². The zero-order valence-electron chi connectivity index (χ0n) is 14.1. The number of nitrogens with one attached hydrogen (secondary N) is 2. The van der Waals surface area contributed by atoms with E-state index in [1.54, 1.807) is 19.0 Å². The number of carbonyl (C=O) groups excluding carboxylic acids is 3. The first-order valence-electron chi connectivity index (χ1n) is 7.92. The molecule has 0 aliphatic carbocycles. The molecule has 0 unspecified atom stereocenters. The van der Waals surface area contributed by atoms with Crippen molar-refractivity contribution in [1.82, 2.24) is 20.5 Å². The quantitative estimate of drug-likeness (QED) is 0.766. The summed E-state index contributed by atoms with van der Waals surface area (Å²) in [6, 6.07) is -0.232. The number of amides is 4. The van der Waals surface area contributed by atoms with Crippen molar-refractivity contribution in [2.24, 2.45) is 16.9 Å². The smallest absolute Gasteiger partial charge is 0.317 e. The van der Waals surface area contributed by atoms with Crippen LogP contribution in [-0.2, 0) is 9.59 Å². The molecular formula is C15H25N5O3. The van der Waals surface area contributed by atoms with E-state index in [1.165, 1.54) is 4.90 Å². The minimum absolute atomic E-state index is 0.0763. The van der Waals surface area contributed by atoms with E-state index in [-0.39, 0.29) is 36.2 Å². The van der Waals surface area contributed by atoms with Crippen LogP contribution in [0.1, 0.15) is 26.7 Å². The molecule has 2 aliphatic heterocycles. The van der Waals surface area contributed by atoms with E-state index < -0.39 is 0 Å². The Morgan fingerprint density at radius 2 is 2.00 bits per heavy atom. The van der Waals surface area contributed by atoms with Gasteiger partial charge >= 0.3 is 6.03 Å². The van der Waals surface area contributed by atoms with Crippen LogP contribution in [0.2, 0.25) is 0 Å². The Hall–Kier alpha value is -2.12. The summed E-state index contributed by atoms with van der Waals surface area (Å²) in [5.41, 5.74) is 2.74. The highest BCUT2D eigenvalue weighted by molar-refractivity contribution is 6.39. The van der Waals surface area contributed by atoms with Gasteiger partial charge in [-0.1, -0.05) is 13.8 Å². The van der Waals surface area contributed by atoms with Crippen LogP contribution in [0.3, 0.4) is 0 Å². The van der Waals surface area contributed by atoms with Crippen LogP contribution in [-0.4, -0.2) is 66.6 Å². The average Bonchev–Trinajstić information content (AvgIpc) is 2.91. The Morgan fingerprint density at radius 3 is 2.52 bits per heavy atom. The lowest BCUT2D eigenvalue weighted by atomic mass is 9.91. The summed E-state index contributed by atoms with van der Waals surface area (Å²) < 4.78 is 0. The van der Waals surface area contributed by atoms with Crippen LogP contribution in [0.15, 0.2) is 5.10 Å². The summed E-state index contributed by atoms with van der Waals surface area (Å²) in [6.07, 6.45) is 0.648. The maximum absolute atomic E-state index is 12.6. The second-order valence-corrected chi connectivity index (χ2v) is 6.66. The Labute approximate surface area is 136 Å². The van der Waals surface area contributed by atoms with Gasteiger partial charge < -0.3 is 15.1 Å². The van der Waals surface area contributed by atoms with Crippen molar-refractivity contribution in [2.45, 2.75) is 32.7 Å². The van der Waals surface area contributed by atoms with E-state index in [0.717, 1.165) is 0 Å². The molecule has 1 fully saturated rings. The number of hydrogen-bond donors (Lipinski definition) is 2. The fraction of sp³-hybridized carbons (Fsp3) is 0.733. The first-order valence-corrected chi connectivity index (χ1v) is 7.92. The van der Waals surface area contributed by atoms with Crippen molar-refractivity contribution in [3.05, 3.63) is 0 Å². The number of likely N-dealkylation sites (tertiary alicyclic amines) is 1. The molecule has 0 spiro atoms. The van der Waals surface area contributed by atoms with Crippen LogP contribution in [0.25, 0.3) is 0 Å². The molecule has 23 heavy (non-hydrogen) atoms. The highest BCUT2D eigenvalue weighted by Gasteiger charge is 2.39. The maximum Gasteiger partial charge on any atom is 0.317 e. The molecule has 0 aromatic heterocycles. The molecule has 2 atom stereocenters. The van der Waals surface area contributed by atoms with Crippen molar-refractivity contribution in [3.8, 4) is 0 Å². The summed E-state index contributed by atoms with van der Waals surface area (Å²) in [5.74, 6) is 0.214. The zero-order valence-corrected chi connectivity index (χ0v) is 14.1. The summed E-state index contributed by atoms with van der Waals surface area (Å²) in [5, 5.41) is 6.86. The minimum atomic E-state index is -0.167. The predicted molar refractivity (Wildman–Crippen MR) is 85.7 cm³/mol. The molecule has 2 heterocycles. The summed E-state index contributed by atoms with van der Waals surface area (Å²) >= 11 is 0. The summed E-state index contributed by atoms with van der Waals surface area (Å²) in [4.78, 5) is 38.8. The average molecular weight is 323 g/mol. The van der Waals surface area contributed by atoms with Gasteiger partial charge in [-0.2, -0.15) is 5.10 Å². The van der Waals surface area contributed by atoms with E-state index in [2.05, 4.69) is 29.7 Å². The molecule has 8 heteroatoms. The van der Waals surface area contributed by atoms with Gasteiger partial charge in [0.2, 0.25) is 5.91 Å². The summed E-state index contributed by atoms with van der Waals surface area (Å²) in [6.45, 7) is 5.23. The Balaban J connectivity index is 2.05. The number of hydrazone groups is 1. The van der Waals surface area contributed by atoms with E-state index in [0.29, 0.717) is 31.1 Å². The van der Waals surface area contributed by atoms with E-state index in [9.17, 15) is 14.4 Å². The highest BCUT2D eigenvalue weighted by atomic mass is 16.2. The number of nitrogens with zero attached hydrogens (tertiary/aromatic N) is 3. The molecule has 0 saturated carbocycles.